The maximum atomic E-state index is 5.90. The van der Waals surface area contributed by atoms with Gasteiger partial charge in [-0.3, -0.25) is 4.99 Å². The molecule has 0 atom stereocenters. The van der Waals surface area contributed by atoms with Gasteiger partial charge in [-0.15, -0.1) is 0 Å². The summed E-state index contributed by atoms with van der Waals surface area (Å²) < 4.78 is 11.3. The first-order valence-corrected chi connectivity index (χ1v) is 9.25. The first-order valence-electron chi connectivity index (χ1n) is 9.25. The van der Waals surface area contributed by atoms with Crippen molar-refractivity contribution in [1.29, 1.82) is 0 Å². The molecule has 2 rings (SSSR count). The van der Waals surface area contributed by atoms with Crippen molar-refractivity contribution in [3.63, 3.8) is 0 Å². The van der Waals surface area contributed by atoms with Crippen LogP contribution in [0.2, 0.25) is 0 Å². The number of rotatable bonds is 9. The first-order chi connectivity index (χ1) is 13.0. The van der Waals surface area contributed by atoms with Gasteiger partial charge in [-0.25, -0.2) is 0 Å². The molecule has 0 amide bonds. The zero-order chi connectivity index (χ0) is 19.6. The number of aromatic nitrogens is 1. The number of nitrogens with one attached hydrogen (secondary N) is 2. The highest BCUT2D eigenvalue weighted by molar-refractivity contribution is 5.79. The number of hydrogen-bond acceptors (Lipinski definition) is 5. The fourth-order valence-corrected chi connectivity index (χ4v) is 2.38. The normalized spacial score (nSPS) is 11.9. The van der Waals surface area contributed by atoms with Crippen molar-refractivity contribution in [1.82, 2.24) is 20.7 Å². The van der Waals surface area contributed by atoms with Crippen molar-refractivity contribution in [2.24, 2.45) is 4.99 Å². The van der Waals surface area contributed by atoms with Crippen LogP contribution in [-0.2, 0) is 13.1 Å². The number of likely N-dealkylation sites (N-methyl/N-ethyl adjacent to an activating group) is 1. The van der Waals surface area contributed by atoms with Crippen molar-refractivity contribution < 1.29 is 9.26 Å². The molecule has 0 aliphatic carbocycles. The third-order valence-electron chi connectivity index (χ3n) is 4.04. The van der Waals surface area contributed by atoms with Crippen molar-refractivity contribution in [3.05, 3.63) is 47.3 Å². The van der Waals surface area contributed by atoms with Crippen molar-refractivity contribution in [2.45, 2.75) is 32.9 Å². The Kier molecular flexibility index (Phi) is 8.13. The van der Waals surface area contributed by atoms with Gasteiger partial charge in [-0.2, -0.15) is 0 Å². The van der Waals surface area contributed by atoms with Crippen LogP contribution in [0, 0.1) is 0 Å². The topological polar surface area (TPSA) is 74.9 Å². The first kappa shape index (κ1) is 20.8. The Morgan fingerprint density at radius 3 is 2.63 bits per heavy atom. The molecule has 0 saturated carbocycles. The van der Waals surface area contributed by atoms with Crippen LogP contribution in [0.25, 0.3) is 0 Å². The lowest BCUT2D eigenvalue weighted by Gasteiger charge is -2.15. The average molecular weight is 374 g/mol. The molecule has 2 N–H and O–H groups in total. The lowest BCUT2D eigenvalue weighted by atomic mass is 10.1. The van der Waals surface area contributed by atoms with Gasteiger partial charge in [0.1, 0.15) is 12.4 Å². The Hall–Kier alpha value is -2.54. The third kappa shape index (κ3) is 6.94. The second kappa shape index (κ2) is 10.6. The third-order valence-corrected chi connectivity index (χ3v) is 4.04. The fraction of sp³-hybridized carbons (Fsp3) is 0.500. The van der Waals surface area contributed by atoms with Crippen molar-refractivity contribution in [2.75, 3.05) is 34.3 Å². The zero-order valence-electron chi connectivity index (χ0n) is 17.0. The van der Waals surface area contributed by atoms with Crippen LogP contribution < -0.4 is 15.4 Å². The quantitative estimate of drug-likeness (QED) is 0.520. The summed E-state index contributed by atoms with van der Waals surface area (Å²) in [7, 11) is 5.81. The van der Waals surface area contributed by atoms with Crippen LogP contribution in [0.1, 0.15) is 36.8 Å². The molecule has 0 aliphatic rings. The van der Waals surface area contributed by atoms with E-state index >= 15 is 0 Å². The summed E-state index contributed by atoms with van der Waals surface area (Å²) in [6, 6.07) is 10.0. The highest BCUT2D eigenvalue weighted by Crippen LogP contribution is 2.17. The molecule has 0 bridgehead atoms. The molecule has 0 aliphatic heterocycles. The van der Waals surface area contributed by atoms with E-state index in [9.17, 15) is 0 Å². The van der Waals surface area contributed by atoms with Crippen LogP contribution in [0.3, 0.4) is 0 Å². The predicted molar refractivity (Wildman–Crippen MR) is 108 cm³/mol. The van der Waals surface area contributed by atoms with Crippen LogP contribution in [0.4, 0.5) is 0 Å². The van der Waals surface area contributed by atoms with Gasteiger partial charge >= 0.3 is 0 Å². The Morgan fingerprint density at radius 1 is 1.22 bits per heavy atom. The Morgan fingerprint density at radius 2 is 1.96 bits per heavy atom. The second-order valence-corrected chi connectivity index (χ2v) is 6.91. The van der Waals surface area contributed by atoms with E-state index in [0.29, 0.717) is 31.6 Å². The molecule has 7 heteroatoms. The minimum absolute atomic E-state index is 0.351. The van der Waals surface area contributed by atoms with E-state index in [1.807, 2.05) is 38.4 Å². The maximum absolute atomic E-state index is 5.90. The van der Waals surface area contributed by atoms with E-state index in [-0.39, 0.29) is 0 Å². The SMILES string of the molecule is CN=C(NCc1cc(C(C)C)no1)NCc1ccccc1OCCN(C)C. The molecule has 0 radical (unpaired) electrons. The lowest BCUT2D eigenvalue weighted by molar-refractivity contribution is 0.259. The molecule has 1 heterocycles. The molecule has 1 aromatic heterocycles. The lowest BCUT2D eigenvalue weighted by Crippen LogP contribution is -2.36. The number of benzene rings is 1. The summed E-state index contributed by atoms with van der Waals surface area (Å²) >= 11 is 0. The van der Waals surface area contributed by atoms with Gasteiger partial charge in [0.05, 0.1) is 12.2 Å². The molecular weight excluding hydrogens is 342 g/mol. The van der Waals surface area contributed by atoms with Gasteiger partial charge in [0.15, 0.2) is 11.7 Å². The largest absolute Gasteiger partial charge is 0.492 e. The van der Waals surface area contributed by atoms with E-state index < -0.39 is 0 Å². The van der Waals surface area contributed by atoms with E-state index in [2.05, 4.69) is 45.6 Å². The highest BCUT2D eigenvalue weighted by Gasteiger charge is 2.09. The summed E-state index contributed by atoms with van der Waals surface area (Å²) in [6.07, 6.45) is 0. The number of hydrogen-bond donors (Lipinski definition) is 2. The van der Waals surface area contributed by atoms with Gasteiger partial charge in [0.2, 0.25) is 0 Å². The van der Waals surface area contributed by atoms with Gasteiger partial charge in [0.25, 0.3) is 0 Å². The van der Waals surface area contributed by atoms with Gasteiger partial charge in [-0.1, -0.05) is 37.2 Å². The predicted octanol–water partition coefficient (Wildman–Crippen LogP) is 2.60. The fourth-order valence-electron chi connectivity index (χ4n) is 2.38. The minimum Gasteiger partial charge on any atom is -0.492 e. The van der Waals surface area contributed by atoms with E-state index in [1.165, 1.54) is 0 Å². The van der Waals surface area contributed by atoms with Gasteiger partial charge in [-0.05, 0) is 26.1 Å². The Balaban J connectivity index is 1.86. The van der Waals surface area contributed by atoms with E-state index in [0.717, 1.165) is 29.3 Å². The number of aliphatic imine (C=N–C) groups is 1. The molecule has 148 valence electrons. The van der Waals surface area contributed by atoms with Crippen LogP contribution >= 0.6 is 0 Å². The summed E-state index contributed by atoms with van der Waals surface area (Å²) in [5.41, 5.74) is 2.04. The average Bonchev–Trinajstić information content (AvgIpc) is 3.12. The molecular formula is C20H31N5O2. The summed E-state index contributed by atoms with van der Waals surface area (Å²) in [4.78, 5) is 6.36. The van der Waals surface area contributed by atoms with Crippen LogP contribution in [0.5, 0.6) is 5.75 Å². The number of para-hydroxylation sites is 1. The zero-order valence-corrected chi connectivity index (χ0v) is 17.0. The number of guanidine groups is 1. The second-order valence-electron chi connectivity index (χ2n) is 6.91. The molecule has 0 fully saturated rings. The summed E-state index contributed by atoms with van der Waals surface area (Å²) in [6.45, 7) is 6.86. The Bertz CT molecular complexity index is 725. The monoisotopic (exact) mass is 373 g/mol. The smallest absolute Gasteiger partial charge is 0.191 e. The standard InChI is InChI=1S/C20H31N5O2/c1-15(2)18-12-17(27-24-18)14-23-20(21-3)22-13-16-8-6-7-9-19(16)26-11-10-25(4)5/h6-9,12,15H,10-11,13-14H2,1-5H3,(H2,21,22,23). The summed E-state index contributed by atoms with van der Waals surface area (Å²) in [5, 5.41) is 10.6. The number of ether oxygens (including phenoxy) is 1. The van der Waals surface area contributed by atoms with Crippen molar-refractivity contribution >= 4 is 5.96 Å². The van der Waals surface area contributed by atoms with Gasteiger partial charge in [0, 0.05) is 31.8 Å². The summed E-state index contributed by atoms with van der Waals surface area (Å²) in [5.74, 6) is 2.72. The highest BCUT2D eigenvalue weighted by atomic mass is 16.5. The molecule has 0 spiro atoms. The molecule has 27 heavy (non-hydrogen) atoms. The van der Waals surface area contributed by atoms with Crippen LogP contribution in [-0.4, -0.2) is 50.3 Å². The molecule has 7 nitrogen and oxygen atoms in total. The van der Waals surface area contributed by atoms with E-state index in [4.69, 9.17) is 9.26 Å². The Labute approximate surface area is 161 Å². The van der Waals surface area contributed by atoms with Crippen molar-refractivity contribution in [3.8, 4) is 5.75 Å². The number of nitrogens with zero attached hydrogens (tertiary/aromatic N) is 3. The molecule has 1 aromatic carbocycles. The molecule has 0 saturated heterocycles. The molecule has 2 aromatic rings. The van der Waals surface area contributed by atoms with Crippen LogP contribution in [0.15, 0.2) is 39.8 Å². The van der Waals surface area contributed by atoms with Gasteiger partial charge < -0.3 is 24.8 Å². The maximum Gasteiger partial charge on any atom is 0.191 e. The minimum atomic E-state index is 0.351. The molecule has 0 unspecified atom stereocenters. The van der Waals surface area contributed by atoms with E-state index in [1.54, 1.807) is 7.05 Å².